The SMILES string of the molecule is CC(C)Cn1nnc(S(C)(=O)=O)n1. The van der Waals surface area contributed by atoms with Gasteiger partial charge in [0.2, 0.25) is 9.84 Å². The van der Waals surface area contributed by atoms with Crippen LogP contribution in [-0.4, -0.2) is 34.9 Å². The zero-order valence-corrected chi connectivity index (χ0v) is 8.61. The smallest absolute Gasteiger partial charge is 0.221 e. The van der Waals surface area contributed by atoms with Gasteiger partial charge in [0.15, 0.2) is 0 Å². The summed E-state index contributed by atoms with van der Waals surface area (Å²) < 4.78 is 21.9. The molecule has 0 amide bonds. The number of sulfone groups is 1. The van der Waals surface area contributed by atoms with E-state index in [-0.39, 0.29) is 5.16 Å². The summed E-state index contributed by atoms with van der Waals surface area (Å²) >= 11 is 0. The van der Waals surface area contributed by atoms with Crippen molar-refractivity contribution in [3.8, 4) is 0 Å². The monoisotopic (exact) mass is 204 g/mol. The van der Waals surface area contributed by atoms with Gasteiger partial charge in [0.05, 0.1) is 6.54 Å². The van der Waals surface area contributed by atoms with Crippen LogP contribution in [0.25, 0.3) is 0 Å². The fourth-order valence-corrected chi connectivity index (χ4v) is 1.21. The highest BCUT2D eigenvalue weighted by atomic mass is 32.2. The van der Waals surface area contributed by atoms with Crippen LogP contribution in [0.15, 0.2) is 5.16 Å². The molecule has 7 heteroatoms. The zero-order valence-electron chi connectivity index (χ0n) is 7.80. The second-order valence-electron chi connectivity index (χ2n) is 3.29. The molecule has 0 saturated carbocycles. The van der Waals surface area contributed by atoms with Gasteiger partial charge in [-0.05, 0) is 11.1 Å². The van der Waals surface area contributed by atoms with E-state index in [1.54, 1.807) is 0 Å². The fraction of sp³-hybridized carbons (Fsp3) is 0.833. The van der Waals surface area contributed by atoms with E-state index < -0.39 is 9.84 Å². The lowest BCUT2D eigenvalue weighted by atomic mass is 10.2. The van der Waals surface area contributed by atoms with Crippen molar-refractivity contribution < 1.29 is 8.42 Å². The minimum Gasteiger partial charge on any atom is -0.221 e. The van der Waals surface area contributed by atoms with E-state index in [1.165, 1.54) is 4.80 Å². The zero-order chi connectivity index (χ0) is 10.1. The first-order chi connectivity index (χ1) is 5.89. The molecule has 0 fully saturated rings. The topological polar surface area (TPSA) is 77.7 Å². The Balaban J connectivity index is 2.88. The van der Waals surface area contributed by atoms with Gasteiger partial charge in [-0.15, -0.1) is 5.10 Å². The van der Waals surface area contributed by atoms with Crippen LogP contribution in [0.4, 0.5) is 0 Å². The minimum absolute atomic E-state index is 0.215. The summed E-state index contributed by atoms with van der Waals surface area (Å²) in [5.74, 6) is 0.363. The quantitative estimate of drug-likeness (QED) is 0.677. The number of nitrogens with zero attached hydrogens (tertiary/aromatic N) is 4. The molecular weight excluding hydrogens is 192 g/mol. The normalized spacial score (nSPS) is 12.3. The van der Waals surface area contributed by atoms with E-state index in [0.717, 1.165) is 6.26 Å². The molecule has 0 saturated heterocycles. The molecule has 0 aliphatic carbocycles. The highest BCUT2D eigenvalue weighted by Gasteiger charge is 2.14. The lowest BCUT2D eigenvalue weighted by Gasteiger charge is -1.99. The Labute approximate surface area is 76.9 Å². The van der Waals surface area contributed by atoms with Gasteiger partial charge in [-0.25, -0.2) is 8.42 Å². The average molecular weight is 204 g/mol. The number of rotatable bonds is 3. The van der Waals surface area contributed by atoms with E-state index in [0.29, 0.717) is 12.5 Å². The highest BCUT2D eigenvalue weighted by molar-refractivity contribution is 7.90. The molecule has 0 aliphatic heterocycles. The Morgan fingerprint density at radius 1 is 1.46 bits per heavy atom. The highest BCUT2D eigenvalue weighted by Crippen LogP contribution is 1.99. The lowest BCUT2D eigenvalue weighted by molar-refractivity contribution is 0.426. The molecule has 13 heavy (non-hydrogen) atoms. The summed E-state index contributed by atoms with van der Waals surface area (Å²) in [6, 6.07) is 0. The first-order valence-corrected chi connectivity index (χ1v) is 5.76. The Kier molecular flexibility index (Phi) is 2.65. The van der Waals surface area contributed by atoms with Crippen molar-refractivity contribution in [1.82, 2.24) is 20.2 Å². The third-order valence-electron chi connectivity index (χ3n) is 1.29. The Morgan fingerprint density at radius 2 is 2.08 bits per heavy atom. The molecule has 1 heterocycles. The first-order valence-electron chi connectivity index (χ1n) is 3.87. The van der Waals surface area contributed by atoms with E-state index in [1.807, 2.05) is 13.8 Å². The van der Waals surface area contributed by atoms with Gasteiger partial charge in [-0.2, -0.15) is 4.80 Å². The summed E-state index contributed by atoms with van der Waals surface area (Å²) in [6.07, 6.45) is 1.06. The van der Waals surface area contributed by atoms with E-state index in [9.17, 15) is 8.42 Å². The summed E-state index contributed by atoms with van der Waals surface area (Å²) in [5.41, 5.74) is 0. The molecule has 74 valence electrons. The van der Waals surface area contributed by atoms with Crippen LogP contribution in [0.3, 0.4) is 0 Å². The number of hydrogen-bond donors (Lipinski definition) is 0. The van der Waals surface area contributed by atoms with Crippen molar-refractivity contribution in [1.29, 1.82) is 0 Å². The van der Waals surface area contributed by atoms with Crippen LogP contribution in [0.5, 0.6) is 0 Å². The summed E-state index contributed by atoms with van der Waals surface area (Å²) in [5, 5.41) is 10.6. The Bertz CT molecular complexity index is 381. The first kappa shape index (κ1) is 10.1. The fourth-order valence-electron chi connectivity index (χ4n) is 0.781. The predicted molar refractivity (Wildman–Crippen MR) is 45.8 cm³/mol. The van der Waals surface area contributed by atoms with Gasteiger partial charge in [0.1, 0.15) is 0 Å². The van der Waals surface area contributed by atoms with Crippen LogP contribution in [0, 0.1) is 5.92 Å². The summed E-state index contributed by atoms with van der Waals surface area (Å²) in [6.45, 7) is 4.55. The molecule has 1 aromatic rings. The van der Waals surface area contributed by atoms with Gasteiger partial charge >= 0.3 is 0 Å². The maximum Gasteiger partial charge on any atom is 0.288 e. The largest absolute Gasteiger partial charge is 0.288 e. The molecule has 0 spiro atoms. The van der Waals surface area contributed by atoms with Gasteiger partial charge < -0.3 is 0 Å². The van der Waals surface area contributed by atoms with Crippen molar-refractivity contribution in [3.63, 3.8) is 0 Å². The summed E-state index contributed by atoms with van der Waals surface area (Å²) in [4.78, 5) is 1.29. The second-order valence-corrected chi connectivity index (χ2v) is 5.20. The number of tetrazole rings is 1. The standard InChI is InChI=1S/C6H12N4O2S/c1-5(2)4-10-8-6(7-9-10)13(3,11)12/h5H,4H2,1-3H3. The molecule has 0 unspecified atom stereocenters. The van der Waals surface area contributed by atoms with Crippen molar-refractivity contribution in [3.05, 3.63) is 0 Å². The van der Waals surface area contributed by atoms with Crippen LogP contribution in [0.2, 0.25) is 0 Å². The average Bonchev–Trinajstić information content (AvgIpc) is 2.32. The minimum atomic E-state index is -3.32. The second kappa shape index (κ2) is 3.41. The van der Waals surface area contributed by atoms with Crippen LogP contribution in [0.1, 0.15) is 13.8 Å². The Morgan fingerprint density at radius 3 is 2.46 bits per heavy atom. The summed E-state index contributed by atoms with van der Waals surface area (Å²) in [7, 11) is -3.32. The van der Waals surface area contributed by atoms with Crippen molar-refractivity contribution in [2.75, 3.05) is 6.26 Å². The van der Waals surface area contributed by atoms with Gasteiger partial charge in [0.25, 0.3) is 5.16 Å². The molecule has 0 N–H and O–H groups in total. The molecule has 0 aliphatic rings. The third-order valence-corrected chi connectivity index (χ3v) is 2.12. The maximum absolute atomic E-state index is 11.0. The van der Waals surface area contributed by atoms with Gasteiger partial charge in [-0.3, -0.25) is 0 Å². The maximum atomic E-state index is 11.0. The molecule has 0 atom stereocenters. The third kappa shape index (κ3) is 2.76. The molecular formula is C6H12N4O2S. The molecule has 6 nitrogen and oxygen atoms in total. The molecule has 1 rings (SSSR count). The van der Waals surface area contributed by atoms with E-state index in [2.05, 4.69) is 15.4 Å². The number of aromatic nitrogens is 4. The van der Waals surface area contributed by atoms with Crippen molar-refractivity contribution in [2.45, 2.75) is 25.5 Å². The number of hydrogen-bond acceptors (Lipinski definition) is 5. The van der Waals surface area contributed by atoms with Crippen LogP contribution < -0.4 is 0 Å². The van der Waals surface area contributed by atoms with Crippen molar-refractivity contribution in [2.24, 2.45) is 5.92 Å². The van der Waals surface area contributed by atoms with Gasteiger partial charge in [0, 0.05) is 6.26 Å². The molecule has 0 aromatic carbocycles. The molecule has 0 radical (unpaired) electrons. The molecule has 1 aromatic heterocycles. The van der Waals surface area contributed by atoms with Crippen LogP contribution >= 0.6 is 0 Å². The lowest BCUT2D eigenvalue weighted by Crippen LogP contribution is -2.08. The van der Waals surface area contributed by atoms with Crippen molar-refractivity contribution >= 4 is 9.84 Å². The van der Waals surface area contributed by atoms with E-state index >= 15 is 0 Å². The Hall–Kier alpha value is -0.980. The van der Waals surface area contributed by atoms with E-state index in [4.69, 9.17) is 0 Å². The predicted octanol–water partition coefficient (Wildman–Crippen LogP) is -0.267. The van der Waals surface area contributed by atoms with Crippen LogP contribution in [-0.2, 0) is 16.4 Å². The van der Waals surface area contributed by atoms with Gasteiger partial charge in [-0.1, -0.05) is 18.9 Å². The molecule has 0 bridgehead atoms.